The average molecular weight is 369 g/mol. The molecule has 27 heavy (non-hydrogen) atoms. The number of carbonyl (C=O) groups is 1. The van der Waals surface area contributed by atoms with Crippen molar-refractivity contribution in [2.45, 2.75) is 31.3 Å². The maximum Gasteiger partial charge on any atom is 0.252 e. The minimum atomic E-state index is -0.218. The number of carbonyl (C=O) groups excluding carboxylic acids is 1. The van der Waals surface area contributed by atoms with Crippen LogP contribution in [0.3, 0.4) is 0 Å². The number of nitrogens with one attached hydrogen (secondary N) is 2. The second-order valence-corrected chi connectivity index (χ2v) is 7.22. The smallest absolute Gasteiger partial charge is 0.252 e. The van der Waals surface area contributed by atoms with E-state index in [2.05, 4.69) is 29.7 Å². The van der Waals surface area contributed by atoms with Crippen molar-refractivity contribution >= 4 is 5.91 Å². The van der Waals surface area contributed by atoms with Crippen LogP contribution in [0.5, 0.6) is 0 Å². The van der Waals surface area contributed by atoms with Crippen LogP contribution in [-0.4, -0.2) is 35.8 Å². The van der Waals surface area contributed by atoms with Crippen LogP contribution in [0.4, 0.5) is 0 Å². The van der Waals surface area contributed by atoms with Crippen LogP contribution in [0.25, 0.3) is 0 Å². The number of nitrogens with zero attached hydrogens (tertiary/aromatic N) is 1. The van der Waals surface area contributed by atoms with Crippen molar-refractivity contribution in [3.63, 3.8) is 0 Å². The predicted octanol–water partition coefficient (Wildman–Crippen LogP) is 2.02. The minimum Gasteiger partial charge on any atom is -0.381 e. The lowest BCUT2D eigenvalue weighted by Crippen LogP contribution is -2.57. The van der Waals surface area contributed by atoms with Crippen molar-refractivity contribution in [1.82, 2.24) is 15.2 Å². The van der Waals surface area contributed by atoms with Gasteiger partial charge >= 0.3 is 0 Å². The van der Waals surface area contributed by atoms with Gasteiger partial charge in [0, 0.05) is 50.7 Å². The van der Waals surface area contributed by atoms with Gasteiger partial charge < -0.3 is 19.9 Å². The Morgan fingerprint density at radius 3 is 2.56 bits per heavy atom. The molecule has 1 aliphatic heterocycles. The maximum atomic E-state index is 12.6. The fourth-order valence-electron chi connectivity index (χ4n) is 3.50. The number of amides is 1. The maximum absolute atomic E-state index is 12.6. The summed E-state index contributed by atoms with van der Waals surface area (Å²) in [6.07, 6.45) is 3.23. The van der Waals surface area contributed by atoms with Gasteiger partial charge in [0.05, 0.1) is 5.56 Å². The summed E-state index contributed by atoms with van der Waals surface area (Å²) in [4.78, 5) is 24.1. The predicted molar refractivity (Wildman–Crippen MR) is 105 cm³/mol. The molecule has 1 saturated heterocycles. The van der Waals surface area contributed by atoms with Gasteiger partial charge in [0.2, 0.25) is 5.56 Å². The van der Waals surface area contributed by atoms with E-state index in [1.54, 1.807) is 19.3 Å². The van der Waals surface area contributed by atoms with Crippen molar-refractivity contribution in [1.29, 1.82) is 0 Å². The fourth-order valence-corrected chi connectivity index (χ4v) is 3.50. The number of aryl methyl sites for hydroxylation is 1. The molecular formula is C21H27N3O3. The van der Waals surface area contributed by atoms with E-state index in [4.69, 9.17) is 4.74 Å². The minimum absolute atomic E-state index is 0.134. The Kier molecular flexibility index (Phi) is 6.08. The van der Waals surface area contributed by atoms with Crippen LogP contribution in [-0.2, 0) is 11.8 Å². The first-order valence-electron chi connectivity index (χ1n) is 9.34. The number of aromatic nitrogens is 1. The van der Waals surface area contributed by atoms with Gasteiger partial charge in [-0.3, -0.25) is 9.59 Å². The molecule has 1 aliphatic rings. The molecule has 6 heteroatoms. The van der Waals surface area contributed by atoms with Gasteiger partial charge in [-0.15, -0.1) is 0 Å². The SMILES string of the molecule is CC(NC1(CNC(=O)c2ccc(=O)n(C)c2)CCOCC1)c1ccccc1. The number of benzene rings is 1. The standard InChI is InChI=1S/C21H27N3O3/c1-16(17-6-4-3-5-7-17)23-21(10-12-27-13-11-21)15-22-20(26)18-8-9-19(25)24(2)14-18/h3-9,14,16,23H,10-13,15H2,1-2H3,(H,22,26). The molecule has 1 aromatic heterocycles. The molecule has 2 N–H and O–H groups in total. The Labute approximate surface area is 159 Å². The van der Waals surface area contributed by atoms with Gasteiger partial charge in [-0.2, -0.15) is 0 Å². The summed E-state index contributed by atoms with van der Waals surface area (Å²) < 4.78 is 6.95. The van der Waals surface area contributed by atoms with Gasteiger partial charge in [-0.1, -0.05) is 30.3 Å². The zero-order valence-electron chi connectivity index (χ0n) is 15.9. The van der Waals surface area contributed by atoms with Crippen LogP contribution in [0.15, 0.2) is 53.5 Å². The lowest BCUT2D eigenvalue weighted by Gasteiger charge is -2.40. The number of hydrogen-bond donors (Lipinski definition) is 2. The molecule has 3 rings (SSSR count). The molecule has 0 radical (unpaired) electrons. The number of pyridine rings is 1. The Balaban J connectivity index is 1.69. The van der Waals surface area contributed by atoms with Gasteiger partial charge in [-0.05, 0) is 31.4 Å². The molecule has 0 bridgehead atoms. The molecule has 1 fully saturated rings. The van der Waals surface area contributed by atoms with Crippen molar-refractivity contribution < 1.29 is 9.53 Å². The Hall–Kier alpha value is -2.44. The molecule has 6 nitrogen and oxygen atoms in total. The van der Waals surface area contributed by atoms with E-state index < -0.39 is 0 Å². The van der Waals surface area contributed by atoms with E-state index in [0.29, 0.717) is 25.3 Å². The monoisotopic (exact) mass is 369 g/mol. The first-order chi connectivity index (χ1) is 13.0. The summed E-state index contributed by atoms with van der Waals surface area (Å²) in [5.74, 6) is -0.175. The largest absolute Gasteiger partial charge is 0.381 e. The molecule has 1 amide bonds. The van der Waals surface area contributed by atoms with Crippen molar-refractivity contribution in [3.05, 3.63) is 70.1 Å². The van der Waals surface area contributed by atoms with Crippen LogP contribution >= 0.6 is 0 Å². The molecule has 1 atom stereocenters. The van der Waals surface area contributed by atoms with Crippen LogP contribution in [0.2, 0.25) is 0 Å². The van der Waals surface area contributed by atoms with E-state index in [1.807, 2.05) is 18.2 Å². The molecule has 2 heterocycles. The first kappa shape index (κ1) is 19.3. The van der Waals surface area contributed by atoms with E-state index in [0.717, 1.165) is 12.8 Å². The highest BCUT2D eigenvalue weighted by Crippen LogP contribution is 2.25. The van der Waals surface area contributed by atoms with E-state index >= 15 is 0 Å². The summed E-state index contributed by atoms with van der Waals surface area (Å²) in [5.41, 5.74) is 1.35. The van der Waals surface area contributed by atoms with Crippen molar-refractivity contribution in [2.24, 2.45) is 7.05 Å². The highest BCUT2D eigenvalue weighted by atomic mass is 16.5. The van der Waals surface area contributed by atoms with Gasteiger partial charge in [0.15, 0.2) is 0 Å². The number of hydrogen-bond acceptors (Lipinski definition) is 4. The molecule has 1 aromatic carbocycles. The highest BCUT2D eigenvalue weighted by Gasteiger charge is 2.34. The molecule has 0 saturated carbocycles. The lowest BCUT2D eigenvalue weighted by molar-refractivity contribution is 0.0332. The summed E-state index contributed by atoms with van der Waals surface area (Å²) in [7, 11) is 1.64. The summed E-state index contributed by atoms with van der Waals surface area (Å²) in [6.45, 7) is 3.99. The zero-order chi connectivity index (χ0) is 19.3. The van der Waals surface area contributed by atoms with E-state index in [9.17, 15) is 9.59 Å². The molecule has 144 valence electrons. The molecule has 1 unspecified atom stereocenters. The van der Waals surface area contributed by atoms with Gasteiger partial charge in [-0.25, -0.2) is 0 Å². The third-order valence-corrected chi connectivity index (χ3v) is 5.21. The molecular weight excluding hydrogens is 342 g/mol. The number of ether oxygens (including phenoxy) is 1. The van der Waals surface area contributed by atoms with Gasteiger partial charge in [0.25, 0.3) is 5.91 Å². The molecule has 0 spiro atoms. The Morgan fingerprint density at radius 1 is 1.19 bits per heavy atom. The number of rotatable bonds is 6. The average Bonchev–Trinajstić information content (AvgIpc) is 2.69. The van der Waals surface area contributed by atoms with Crippen molar-refractivity contribution in [3.8, 4) is 0 Å². The molecule has 0 aliphatic carbocycles. The van der Waals surface area contributed by atoms with Crippen LogP contribution in [0.1, 0.15) is 41.7 Å². The second-order valence-electron chi connectivity index (χ2n) is 7.22. The third-order valence-electron chi connectivity index (χ3n) is 5.21. The summed E-state index contributed by atoms with van der Waals surface area (Å²) in [5, 5.41) is 6.77. The van der Waals surface area contributed by atoms with Crippen molar-refractivity contribution in [2.75, 3.05) is 19.8 Å². The zero-order valence-corrected chi connectivity index (χ0v) is 15.9. The lowest BCUT2D eigenvalue weighted by atomic mass is 9.88. The third kappa shape index (κ3) is 4.84. The Morgan fingerprint density at radius 2 is 1.89 bits per heavy atom. The second kappa shape index (κ2) is 8.50. The normalized spacial score (nSPS) is 17.3. The van der Waals surface area contributed by atoms with E-state index in [1.165, 1.54) is 16.2 Å². The highest BCUT2D eigenvalue weighted by molar-refractivity contribution is 5.93. The van der Waals surface area contributed by atoms with E-state index in [-0.39, 0.29) is 23.0 Å². The summed E-state index contributed by atoms with van der Waals surface area (Å²) in [6, 6.07) is 13.4. The molecule has 2 aromatic rings. The van der Waals surface area contributed by atoms with Crippen LogP contribution < -0.4 is 16.2 Å². The quantitative estimate of drug-likeness (QED) is 0.817. The first-order valence-corrected chi connectivity index (χ1v) is 9.34. The fraction of sp³-hybridized carbons (Fsp3) is 0.429. The topological polar surface area (TPSA) is 72.4 Å². The van der Waals surface area contributed by atoms with Gasteiger partial charge in [0.1, 0.15) is 0 Å². The van der Waals surface area contributed by atoms with Crippen LogP contribution in [0, 0.1) is 0 Å². The Bertz CT molecular complexity index is 826. The summed E-state index contributed by atoms with van der Waals surface area (Å²) >= 11 is 0.